The standard InChI is InChI=1S/C18H16N2O/c19-16-7-3-4-8-17(16)20-18(21)12-13-9-10-14-5-1-2-6-15(14)11-13/h1-11H,12,19H2,(H,20,21). The van der Waals surface area contributed by atoms with Crippen molar-refractivity contribution < 1.29 is 4.79 Å². The molecule has 3 aromatic rings. The summed E-state index contributed by atoms with van der Waals surface area (Å²) in [4.78, 5) is 12.1. The van der Waals surface area contributed by atoms with E-state index in [1.807, 2.05) is 48.5 Å². The predicted molar refractivity (Wildman–Crippen MR) is 87.1 cm³/mol. The Hall–Kier alpha value is -2.81. The number of anilines is 2. The second kappa shape index (κ2) is 5.67. The van der Waals surface area contributed by atoms with E-state index in [-0.39, 0.29) is 5.91 Å². The number of amides is 1. The summed E-state index contributed by atoms with van der Waals surface area (Å²) in [6.45, 7) is 0. The molecule has 0 spiro atoms. The zero-order valence-electron chi connectivity index (χ0n) is 11.5. The molecule has 0 aliphatic carbocycles. The third kappa shape index (κ3) is 3.03. The lowest BCUT2D eigenvalue weighted by Crippen LogP contribution is -2.15. The molecule has 1 amide bonds. The second-order valence-electron chi connectivity index (χ2n) is 4.99. The van der Waals surface area contributed by atoms with Gasteiger partial charge in [-0.15, -0.1) is 0 Å². The highest BCUT2D eigenvalue weighted by Gasteiger charge is 2.06. The first kappa shape index (κ1) is 13.2. The fourth-order valence-corrected chi connectivity index (χ4v) is 2.34. The van der Waals surface area contributed by atoms with Crippen molar-refractivity contribution in [2.75, 3.05) is 11.1 Å². The number of hydrogen-bond acceptors (Lipinski definition) is 2. The van der Waals surface area contributed by atoms with Crippen molar-refractivity contribution in [3.05, 3.63) is 72.3 Å². The maximum absolute atomic E-state index is 12.1. The molecule has 21 heavy (non-hydrogen) atoms. The number of fused-ring (bicyclic) bond motifs is 1. The van der Waals surface area contributed by atoms with Crippen molar-refractivity contribution in [2.45, 2.75) is 6.42 Å². The molecule has 0 fully saturated rings. The zero-order chi connectivity index (χ0) is 14.7. The molecule has 0 heterocycles. The molecule has 0 aromatic heterocycles. The van der Waals surface area contributed by atoms with E-state index in [1.165, 1.54) is 5.39 Å². The lowest BCUT2D eigenvalue weighted by molar-refractivity contribution is -0.115. The minimum Gasteiger partial charge on any atom is -0.397 e. The number of hydrogen-bond donors (Lipinski definition) is 2. The molecule has 3 nitrogen and oxygen atoms in total. The first-order valence-corrected chi connectivity index (χ1v) is 6.84. The third-order valence-corrected chi connectivity index (χ3v) is 3.41. The van der Waals surface area contributed by atoms with Gasteiger partial charge < -0.3 is 11.1 Å². The topological polar surface area (TPSA) is 55.1 Å². The van der Waals surface area contributed by atoms with E-state index >= 15 is 0 Å². The maximum Gasteiger partial charge on any atom is 0.228 e. The summed E-state index contributed by atoms with van der Waals surface area (Å²) in [5.74, 6) is -0.0665. The molecule has 3 rings (SSSR count). The molecule has 0 aliphatic heterocycles. The number of para-hydroxylation sites is 2. The average Bonchev–Trinajstić information content (AvgIpc) is 2.49. The van der Waals surface area contributed by atoms with Crippen LogP contribution >= 0.6 is 0 Å². The van der Waals surface area contributed by atoms with Crippen LogP contribution in [-0.2, 0) is 11.2 Å². The van der Waals surface area contributed by atoms with E-state index < -0.39 is 0 Å². The Kier molecular flexibility index (Phi) is 3.56. The molecule has 0 bridgehead atoms. The lowest BCUT2D eigenvalue weighted by Gasteiger charge is -2.08. The molecule has 0 saturated carbocycles. The van der Waals surface area contributed by atoms with Crippen molar-refractivity contribution in [1.29, 1.82) is 0 Å². The second-order valence-corrected chi connectivity index (χ2v) is 4.99. The third-order valence-electron chi connectivity index (χ3n) is 3.41. The van der Waals surface area contributed by atoms with E-state index in [1.54, 1.807) is 12.1 Å². The van der Waals surface area contributed by atoms with Crippen molar-refractivity contribution >= 4 is 28.1 Å². The van der Waals surface area contributed by atoms with Crippen LogP contribution in [0.1, 0.15) is 5.56 Å². The minimum absolute atomic E-state index is 0.0665. The Morgan fingerprint density at radius 2 is 1.62 bits per heavy atom. The fraction of sp³-hybridized carbons (Fsp3) is 0.0556. The molecular formula is C18H16N2O. The number of nitrogen functional groups attached to an aromatic ring is 1. The number of carbonyl (C=O) groups excluding carboxylic acids is 1. The Labute approximate surface area is 123 Å². The summed E-state index contributed by atoms with van der Waals surface area (Å²) >= 11 is 0. The summed E-state index contributed by atoms with van der Waals surface area (Å²) in [6, 6.07) is 21.4. The van der Waals surface area contributed by atoms with Crippen LogP contribution in [0.5, 0.6) is 0 Å². The molecule has 0 aliphatic rings. The number of carbonyl (C=O) groups is 1. The van der Waals surface area contributed by atoms with Crippen LogP contribution < -0.4 is 11.1 Å². The van der Waals surface area contributed by atoms with Gasteiger partial charge in [-0.25, -0.2) is 0 Å². The van der Waals surface area contributed by atoms with Gasteiger partial charge in [-0.2, -0.15) is 0 Å². The van der Waals surface area contributed by atoms with Crippen molar-refractivity contribution in [3.8, 4) is 0 Å². The predicted octanol–water partition coefficient (Wildman–Crippen LogP) is 3.60. The zero-order valence-corrected chi connectivity index (χ0v) is 11.5. The highest BCUT2D eigenvalue weighted by Crippen LogP contribution is 2.19. The molecule has 0 saturated heterocycles. The molecule has 0 unspecified atom stereocenters. The smallest absolute Gasteiger partial charge is 0.228 e. The van der Waals surface area contributed by atoms with Gasteiger partial charge in [0, 0.05) is 0 Å². The minimum atomic E-state index is -0.0665. The van der Waals surface area contributed by atoms with Crippen LogP contribution in [0.2, 0.25) is 0 Å². The van der Waals surface area contributed by atoms with Crippen LogP contribution in [0.25, 0.3) is 10.8 Å². The molecule has 104 valence electrons. The molecule has 0 radical (unpaired) electrons. The SMILES string of the molecule is Nc1ccccc1NC(=O)Cc1ccc2ccccc2c1. The van der Waals surface area contributed by atoms with Crippen molar-refractivity contribution in [1.82, 2.24) is 0 Å². The number of benzene rings is 3. The highest BCUT2D eigenvalue weighted by molar-refractivity contribution is 5.95. The van der Waals surface area contributed by atoms with Gasteiger partial charge in [0.15, 0.2) is 0 Å². The lowest BCUT2D eigenvalue weighted by atomic mass is 10.0. The molecule has 3 heteroatoms. The van der Waals surface area contributed by atoms with Gasteiger partial charge in [0.05, 0.1) is 17.8 Å². The van der Waals surface area contributed by atoms with Crippen LogP contribution in [0.4, 0.5) is 11.4 Å². The number of nitrogens with two attached hydrogens (primary N) is 1. The molecule has 3 N–H and O–H groups in total. The van der Waals surface area contributed by atoms with E-state index in [4.69, 9.17) is 5.73 Å². The fourth-order valence-electron chi connectivity index (χ4n) is 2.34. The van der Waals surface area contributed by atoms with Gasteiger partial charge in [0.25, 0.3) is 0 Å². The van der Waals surface area contributed by atoms with Gasteiger partial charge in [-0.05, 0) is 28.5 Å². The summed E-state index contributed by atoms with van der Waals surface area (Å²) in [5, 5.41) is 5.16. The van der Waals surface area contributed by atoms with Gasteiger partial charge >= 0.3 is 0 Å². The van der Waals surface area contributed by atoms with E-state index in [2.05, 4.69) is 11.4 Å². The molecular weight excluding hydrogens is 260 g/mol. The Balaban J connectivity index is 1.75. The van der Waals surface area contributed by atoms with Crippen LogP contribution in [0.3, 0.4) is 0 Å². The largest absolute Gasteiger partial charge is 0.397 e. The van der Waals surface area contributed by atoms with Gasteiger partial charge in [-0.1, -0.05) is 54.6 Å². The summed E-state index contributed by atoms with van der Waals surface area (Å²) in [6.07, 6.45) is 0.333. The summed E-state index contributed by atoms with van der Waals surface area (Å²) in [7, 11) is 0. The van der Waals surface area contributed by atoms with Crippen LogP contribution in [0, 0.1) is 0 Å². The quantitative estimate of drug-likeness (QED) is 0.718. The Morgan fingerprint density at radius 1 is 0.905 bits per heavy atom. The first-order valence-electron chi connectivity index (χ1n) is 6.84. The van der Waals surface area contributed by atoms with Crippen molar-refractivity contribution in [3.63, 3.8) is 0 Å². The monoisotopic (exact) mass is 276 g/mol. The van der Waals surface area contributed by atoms with Crippen LogP contribution in [0.15, 0.2) is 66.7 Å². The van der Waals surface area contributed by atoms with Gasteiger partial charge in [-0.3, -0.25) is 4.79 Å². The van der Waals surface area contributed by atoms with Crippen LogP contribution in [-0.4, -0.2) is 5.91 Å². The Bertz CT molecular complexity index is 796. The van der Waals surface area contributed by atoms with Gasteiger partial charge in [0.1, 0.15) is 0 Å². The molecule has 0 atom stereocenters. The summed E-state index contributed by atoms with van der Waals surface area (Å²) < 4.78 is 0. The van der Waals surface area contributed by atoms with Gasteiger partial charge in [0.2, 0.25) is 5.91 Å². The highest BCUT2D eigenvalue weighted by atomic mass is 16.1. The summed E-state index contributed by atoms with van der Waals surface area (Å²) in [5.41, 5.74) is 8.04. The Morgan fingerprint density at radius 3 is 2.43 bits per heavy atom. The maximum atomic E-state index is 12.1. The van der Waals surface area contributed by atoms with E-state index in [9.17, 15) is 4.79 Å². The molecule has 3 aromatic carbocycles. The normalized spacial score (nSPS) is 10.5. The number of nitrogens with one attached hydrogen (secondary N) is 1. The van der Waals surface area contributed by atoms with E-state index in [0.717, 1.165) is 10.9 Å². The first-order chi connectivity index (χ1) is 10.2. The van der Waals surface area contributed by atoms with E-state index in [0.29, 0.717) is 17.8 Å². The number of rotatable bonds is 3. The average molecular weight is 276 g/mol. The van der Waals surface area contributed by atoms with Crippen molar-refractivity contribution in [2.24, 2.45) is 0 Å².